The molecule has 0 saturated heterocycles. The van der Waals surface area contributed by atoms with Gasteiger partial charge in [0, 0.05) is 0 Å². The minimum absolute atomic E-state index is 0.0654. The van der Waals surface area contributed by atoms with Crippen LogP contribution in [0.2, 0.25) is 0 Å². The van der Waals surface area contributed by atoms with E-state index in [2.05, 4.69) is 11.4 Å². The first-order valence-corrected chi connectivity index (χ1v) is 6.33. The molecule has 2 unspecified atom stereocenters. The zero-order chi connectivity index (χ0) is 12.0. The number of aliphatic hydroxyl groups excluding tert-OH is 1. The monoisotopic (exact) mass is 224 g/mol. The highest BCUT2D eigenvalue weighted by Gasteiger charge is 2.22. The van der Waals surface area contributed by atoms with Gasteiger partial charge in [0.2, 0.25) is 0 Å². The second-order valence-electron chi connectivity index (χ2n) is 5.64. The van der Waals surface area contributed by atoms with Gasteiger partial charge in [0.05, 0.1) is 17.6 Å². The van der Waals surface area contributed by atoms with Crippen LogP contribution in [0.15, 0.2) is 0 Å². The van der Waals surface area contributed by atoms with Crippen molar-refractivity contribution in [2.75, 3.05) is 13.1 Å². The summed E-state index contributed by atoms with van der Waals surface area (Å²) in [6.45, 7) is 5.97. The van der Waals surface area contributed by atoms with Gasteiger partial charge in [-0.2, -0.15) is 5.26 Å². The Morgan fingerprint density at radius 3 is 2.75 bits per heavy atom. The molecule has 0 aromatic carbocycles. The summed E-state index contributed by atoms with van der Waals surface area (Å²) in [5, 5.41) is 21.7. The van der Waals surface area contributed by atoms with Crippen LogP contribution in [0, 0.1) is 22.7 Å². The molecule has 0 amide bonds. The first kappa shape index (κ1) is 13.5. The Labute approximate surface area is 98.8 Å². The molecule has 92 valence electrons. The Morgan fingerprint density at radius 1 is 1.44 bits per heavy atom. The van der Waals surface area contributed by atoms with Crippen molar-refractivity contribution < 1.29 is 5.11 Å². The molecule has 16 heavy (non-hydrogen) atoms. The predicted molar refractivity (Wildman–Crippen MR) is 64.8 cm³/mol. The number of aliphatic hydroxyl groups is 1. The van der Waals surface area contributed by atoms with E-state index in [1.165, 1.54) is 0 Å². The Bertz CT molecular complexity index is 245. The van der Waals surface area contributed by atoms with Crippen LogP contribution in [0.3, 0.4) is 0 Å². The molecule has 0 radical (unpaired) electrons. The smallest absolute Gasteiger partial charge is 0.0683 e. The molecule has 1 fully saturated rings. The third-order valence-electron chi connectivity index (χ3n) is 3.40. The van der Waals surface area contributed by atoms with E-state index in [0.29, 0.717) is 5.92 Å². The average Bonchev–Trinajstić information content (AvgIpc) is 2.64. The van der Waals surface area contributed by atoms with Crippen molar-refractivity contribution in [1.29, 1.82) is 5.26 Å². The molecule has 1 rings (SSSR count). The van der Waals surface area contributed by atoms with Crippen molar-refractivity contribution in [2.45, 2.75) is 52.1 Å². The first-order valence-electron chi connectivity index (χ1n) is 6.33. The lowest BCUT2D eigenvalue weighted by Gasteiger charge is -2.15. The van der Waals surface area contributed by atoms with Gasteiger partial charge in [0.25, 0.3) is 0 Å². The maximum absolute atomic E-state index is 9.38. The molecule has 2 N–H and O–H groups in total. The van der Waals surface area contributed by atoms with E-state index in [-0.39, 0.29) is 11.5 Å². The van der Waals surface area contributed by atoms with Crippen LogP contribution in [0.4, 0.5) is 0 Å². The van der Waals surface area contributed by atoms with E-state index in [0.717, 1.165) is 45.2 Å². The van der Waals surface area contributed by atoms with Gasteiger partial charge in [0.15, 0.2) is 0 Å². The Kier molecular flexibility index (Phi) is 5.24. The van der Waals surface area contributed by atoms with Crippen LogP contribution in [0.1, 0.15) is 46.0 Å². The summed E-state index contributed by atoms with van der Waals surface area (Å²) in [4.78, 5) is 0. The number of hydrogen-bond donors (Lipinski definition) is 2. The fourth-order valence-corrected chi connectivity index (χ4v) is 2.25. The van der Waals surface area contributed by atoms with Gasteiger partial charge >= 0.3 is 0 Å². The van der Waals surface area contributed by atoms with Gasteiger partial charge in [-0.1, -0.05) is 0 Å². The quantitative estimate of drug-likeness (QED) is 0.679. The Balaban J connectivity index is 1.99. The summed E-state index contributed by atoms with van der Waals surface area (Å²) in [6.07, 6.45) is 5.01. The summed E-state index contributed by atoms with van der Waals surface area (Å²) in [7, 11) is 0. The highest BCUT2D eigenvalue weighted by Crippen LogP contribution is 2.24. The molecule has 3 nitrogen and oxygen atoms in total. The largest absolute Gasteiger partial charge is 0.393 e. The van der Waals surface area contributed by atoms with E-state index in [9.17, 15) is 5.11 Å². The highest BCUT2D eigenvalue weighted by atomic mass is 16.3. The minimum Gasteiger partial charge on any atom is -0.393 e. The van der Waals surface area contributed by atoms with Crippen molar-refractivity contribution in [3.8, 4) is 6.07 Å². The summed E-state index contributed by atoms with van der Waals surface area (Å²) < 4.78 is 0. The fraction of sp³-hybridized carbons (Fsp3) is 0.923. The van der Waals surface area contributed by atoms with Crippen molar-refractivity contribution in [3.05, 3.63) is 0 Å². The molecular weight excluding hydrogens is 200 g/mol. The first-order chi connectivity index (χ1) is 7.53. The lowest BCUT2D eigenvalue weighted by Crippen LogP contribution is -2.24. The van der Waals surface area contributed by atoms with E-state index >= 15 is 0 Å². The number of nitrogens with one attached hydrogen (secondary N) is 1. The summed E-state index contributed by atoms with van der Waals surface area (Å²) in [5.41, 5.74) is -0.189. The van der Waals surface area contributed by atoms with Gasteiger partial charge in [0.1, 0.15) is 0 Å². The molecule has 0 aliphatic heterocycles. The lowest BCUT2D eigenvalue weighted by molar-refractivity contribution is 0.177. The molecule has 1 saturated carbocycles. The van der Waals surface area contributed by atoms with Crippen LogP contribution in [-0.4, -0.2) is 24.3 Å². The molecular formula is C13H24N2O. The van der Waals surface area contributed by atoms with Crippen LogP contribution >= 0.6 is 0 Å². The van der Waals surface area contributed by atoms with Crippen LogP contribution < -0.4 is 5.32 Å². The topological polar surface area (TPSA) is 56.0 Å². The number of hydrogen-bond acceptors (Lipinski definition) is 3. The van der Waals surface area contributed by atoms with Crippen molar-refractivity contribution in [3.63, 3.8) is 0 Å². The Morgan fingerprint density at radius 2 is 2.19 bits per heavy atom. The van der Waals surface area contributed by atoms with Crippen LogP contribution in [0.25, 0.3) is 0 Å². The van der Waals surface area contributed by atoms with Crippen molar-refractivity contribution >= 4 is 0 Å². The van der Waals surface area contributed by atoms with Gasteiger partial charge in [-0.05, 0) is 65.0 Å². The molecule has 3 heteroatoms. The lowest BCUT2D eigenvalue weighted by atomic mass is 9.90. The number of rotatable bonds is 6. The van der Waals surface area contributed by atoms with Crippen LogP contribution in [-0.2, 0) is 0 Å². The highest BCUT2D eigenvalue weighted by molar-refractivity contribution is 4.91. The normalized spacial score (nSPS) is 25.6. The molecule has 2 atom stereocenters. The van der Waals surface area contributed by atoms with Gasteiger partial charge < -0.3 is 10.4 Å². The average molecular weight is 224 g/mol. The Hall–Kier alpha value is -0.590. The van der Waals surface area contributed by atoms with E-state index in [4.69, 9.17) is 5.26 Å². The second-order valence-corrected chi connectivity index (χ2v) is 5.64. The van der Waals surface area contributed by atoms with Gasteiger partial charge in [-0.15, -0.1) is 0 Å². The van der Waals surface area contributed by atoms with Crippen molar-refractivity contribution in [2.24, 2.45) is 11.3 Å². The number of nitrogens with zero attached hydrogens (tertiary/aromatic N) is 1. The fourth-order valence-electron chi connectivity index (χ4n) is 2.25. The van der Waals surface area contributed by atoms with Gasteiger partial charge in [-0.3, -0.25) is 0 Å². The summed E-state index contributed by atoms with van der Waals surface area (Å²) >= 11 is 0. The zero-order valence-electron chi connectivity index (χ0n) is 10.5. The molecule has 0 bridgehead atoms. The SMILES string of the molecule is CC(C)(C#N)CCCNCC1CCC(O)C1. The molecule has 0 heterocycles. The zero-order valence-corrected chi connectivity index (χ0v) is 10.5. The van der Waals surface area contributed by atoms with Crippen molar-refractivity contribution in [1.82, 2.24) is 5.32 Å². The molecule has 0 aromatic heterocycles. The molecule has 0 spiro atoms. The molecule has 0 aromatic rings. The maximum Gasteiger partial charge on any atom is 0.0683 e. The second kappa shape index (κ2) is 6.22. The van der Waals surface area contributed by atoms with Crippen LogP contribution in [0.5, 0.6) is 0 Å². The third kappa shape index (κ3) is 4.96. The minimum atomic E-state index is -0.189. The summed E-state index contributed by atoms with van der Waals surface area (Å²) in [5.74, 6) is 0.652. The molecule has 1 aliphatic carbocycles. The molecule has 1 aliphatic rings. The van der Waals surface area contributed by atoms with Gasteiger partial charge in [-0.25, -0.2) is 0 Å². The van der Waals surface area contributed by atoms with E-state index < -0.39 is 0 Å². The summed E-state index contributed by atoms with van der Waals surface area (Å²) in [6, 6.07) is 2.32. The maximum atomic E-state index is 9.38. The third-order valence-corrected chi connectivity index (χ3v) is 3.40. The standard InChI is InChI=1S/C13H24N2O/c1-13(2,10-14)6-3-7-15-9-11-4-5-12(16)8-11/h11-12,15-16H,3-9H2,1-2H3. The van der Waals surface area contributed by atoms with E-state index in [1.807, 2.05) is 13.8 Å². The van der Waals surface area contributed by atoms with E-state index in [1.54, 1.807) is 0 Å². The predicted octanol–water partition coefficient (Wildman–Crippen LogP) is 2.07. The number of nitriles is 1.